The van der Waals surface area contributed by atoms with Crippen LogP contribution in [0.4, 0.5) is 26.3 Å². The first-order valence-corrected chi connectivity index (χ1v) is 11.1. The topological polar surface area (TPSA) is 187 Å². The Hall–Kier alpha value is -4.80. The minimum atomic E-state index is -4.93. The van der Waals surface area contributed by atoms with Crippen LogP contribution in [0.3, 0.4) is 0 Å². The third-order valence-corrected chi connectivity index (χ3v) is 5.28. The zero-order chi connectivity index (χ0) is 31.3. The van der Waals surface area contributed by atoms with Crippen LogP contribution in [-0.4, -0.2) is 70.1 Å². The van der Waals surface area contributed by atoms with Gasteiger partial charge in [-0.25, -0.2) is 9.59 Å². The number of hydrogen-bond donors (Lipinski definition) is 3. The van der Waals surface area contributed by atoms with E-state index in [2.05, 4.69) is 10.5 Å². The SMILES string of the molecule is C.NC(=O)CC(N1C(=O)c2ccccc2C1=O)C(F)(F)F.NC(CC(=O)O)C(F)(F)F.O=C1OC(=O)c2ccccc21. The number of carboxylic acid groups (broad SMARTS) is 1. The number of halogens is 6. The Kier molecular flexibility index (Phi) is 11.5. The summed E-state index contributed by atoms with van der Waals surface area (Å²) in [6.45, 7) is 0. The number of primary amides is 1. The van der Waals surface area contributed by atoms with Gasteiger partial charge in [0, 0.05) is 0 Å². The molecule has 2 aliphatic rings. The number of ether oxygens (including phenoxy) is 1. The van der Waals surface area contributed by atoms with Gasteiger partial charge in [0.05, 0.1) is 35.1 Å². The molecule has 2 unspecified atom stereocenters. The number of fused-ring (bicyclic) bond motifs is 2. The number of aliphatic carboxylic acids is 1. The van der Waals surface area contributed by atoms with Crippen molar-refractivity contribution in [2.24, 2.45) is 11.5 Å². The summed E-state index contributed by atoms with van der Waals surface area (Å²) in [5.41, 5.74) is 9.70. The van der Waals surface area contributed by atoms with Gasteiger partial charge in [0.2, 0.25) is 5.91 Å². The summed E-state index contributed by atoms with van der Waals surface area (Å²) in [5.74, 6) is -6.05. The van der Waals surface area contributed by atoms with E-state index in [4.69, 9.17) is 10.8 Å². The van der Waals surface area contributed by atoms with E-state index < -0.39 is 72.9 Å². The predicted molar refractivity (Wildman–Crippen MR) is 130 cm³/mol. The van der Waals surface area contributed by atoms with Crippen molar-refractivity contribution >= 4 is 35.6 Å². The lowest BCUT2D eigenvalue weighted by atomic mass is 10.1. The second kappa shape index (κ2) is 13.7. The maximum atomic E-state index is 12.9. The Morgan fingerprint density at radius 3 is 1.43 bits per heavy atom. The molecular formula is C25H23F6N3O8. The second-order valence-corrected chi connectivity index (χ2v) is 8.22. The maximum Gasteiger partial charge on any atom is 0.409 e. The third kappa shape index (κ3) is 8.60. The number of nitrogens with two attached hydrogens (primary N) is 2. The molecule has 2 heterocycles. The quantitative estimate of drug-likeness (QED) is 0.199. The van der Waals surface area contributed by atoms with Gasteiger partial charge in [-0.05, 0) is 24.3 Å². The van der Waals surface area contributed by atoms with Crippen molar-refractivity contribution in [3.63, 3.8) is 0 Å². The molecule has 0 bridgehead atoms. The largest absolute Gasteiger partial charge is 0.481 e. The van der Waals surface area contributed by atoms with E-state index >= 15 is 0 Å². The standard InChI is InChI=1S/C12H9F3N2O3.C8H4O3.C4H6F3NO2.CH4/c13-12(14,15)8(5-9(16)18)17-10(19)6-3-1-2-4-7(6)11(17)20;9-7-5-3-1-2-4-6(5)8(10)11-7;5-4(6,7)2(8)1-3(9)10;/h1-4,8H,5H2,(H2,16,18);1-4H;2H,1,8H2,(H,9,10);1H4. The molecule has 0 radical (unpaired) electrons. The van der Waals surface area contributed by atoms with Gasteiger partial charge in [-0.1, -0.05) is 31.7 Å². The summed E-state index contributed by atoms with van der Waals surface area (Å²) in [5, 5.41) is 7.87. The third-order valence-electron chi connectivity index (χ3n) is 5.28. The Labute approximate surface area is 233 Å². The zero-order valence-corrected chi connectivity index (χ0v) is 20.4. The van der Waals surface area contributed by atoms with Gasteiger partial charge in [0.25, 0.3) is 11.8 Å². The van der Waals surface area contributed by atoms with Crippen LogP contribution < -0.4 is 11.5 Å². The number of esters is 2. The summed E-state index contributed by atoms with van der Waals surface area (Å²) in [4.78, 5) is 66.0. The fourth-order valence-electron chi connectivity index (χ4n) is 3.37. The van der Waals surface area contributed by atoms with Crippen LogP contribution in [0.2, 0.25) is 0 Å². The van der Waals surface area contributed by atoms with E-state index in [1.807, 2.05) is 0 Å². The molecule has 228 valence electrons. The second-order valence-electron chi connectivity index (χ2n) is 8.22. The van der Waals surface area contributed by atoms with E-state index in [0.29, 0.717) is 11.1 Å². The monoisotopic (exact) mass is 607 g/mol. The number of carboxylic acids is 1. The predicted octanol–water partition coefficient (Wildman–Crippen LogP) is 3.07. The molecule has 0 aliphatic carbocycles. The van der Waals surface area contributed by atoms with E-state index in [9.17, 15) is 55.1 Å². The van der Waals surface area contributed by atoms with Crippen LogP contribution in [-0.2, 0) is 14.3 Å². The van der Waals surface area contributed by atoms with Crippen LogP contribution in [0.1, 0.15) is 61.7 Å². The maximum absolute atomic E-state index is 12.9. The molecule has 2 aromatic carbocycles. The molecule has 2 atom stereocenters. The first kappa shape index (κ1) is 35.2. The Morgan fingerprint density at radius 1 is 0.762 bits per heavy atom. The number of carbonyl (C=O) groups excluding carboxylic acids is 5. The number of rotatable bonds is 5. The number of imide groups is 1. The van der Waals surface area contributed by atoms with Crippen LogP contribution in [0, 0.1) is 0 Å². The molecule has 0 saturated carbocycles. The zero-order valence-electron chi connectivity index (χ0n) is 20.4. The molecule has 0 aromatic heterocycles. The lowest BCUT2D eigenvalue weighted by Gasteiger charge is -2.27. The highest BCUT2D eigenvalue weighted by Crippen LogP contribution is 2.33. The van der Waals surface area contributed by atoms with Crippen molar-refractivity contribution in [3.05, 3.63) is 70.8 Å². The van der Waals surface area contributed by atoms with Gasteiger partial charge in [-0.2, -0.15) is 26.3 Å². The van der Waals surface area contributed by atoms with Crippen LogP contribution in [0.15, 0.2) is 48.5 Å². The van der Waals surface area contributed by atoms with Crippen LogP contribution in [0.25, 0.3) is 0 Å². The number of nitrogens with zero attached hydrogens (tertiary/aromatic N) is 1. The molecule has 11 nitrogen and oxygen atoms in total. The molecule has 42 heavy (non-hydrogen) atoms. The summed E-state index contributed by atoms with van der Waals surface area (Å²) >= 11 is 0. The van der Waals surface area contributed by atoms with Gasteiger partial charge in [-0.3, -0.25) is 24.1 Å². The normalized spacial score (nSPS) is 15.1. The van der Waals surface area contributed by atoms with Crippen LogP contribution >= 0.6 is 0 Å². The lowest BCUT2D eigenvalue weighted by Crippen LogP contribution is -2.50. The van der Waals surface area contributed by atoms with Gasteiger partial charge < -0.3 is 21.3 Å². The molecule has 0 fully saturated rings. The molecular weight excluding hydrogens is 584 g/mol. The smallest absolute Gasteiger partial charge is 0.409 e. The summed E-state index contributed by atoms with van der Waals surface area (Å²) in [6, 6.07) is 7.11. The van der Waals surface area contributed by atoms with Gasteiger partial charge in [-0.15, -0.1) is 0 Å². The Balaban J connectivity index is 0.000000341. The molecule has 0 saturated heterocycles. The molecule has 17 heteroatoms. The van der Waals surface area contributed by atoms with Crippen molar-refractivity contribution in [1.82, 2.24) is 4.90 Å². The minimum absolute atomic E-state index is 0. The molecule has 5 N–H and O–H groups in total. The number of carbonyl (C=O) groups is 6. The average Bonchev–Trinajstić information content (AvgIpc) is 3.29. The molecule has 4 rings (SSSR count). The molecule has 0 spiro atoms. The summed E-state index contributed by atoms with van der Waals surface area (Å²) in [6.07, 6.45) is -11.8. The van der Waals surface area contributed by atoms with Gasteiger partial charge >= 0.3 is 30.3 Å². The number of cyclic esters (lactones) is 2. The van der Waals surface area contributed by atoms with Crippen molar-refractivity contribution in [3.8, 4) is 0 Å². The fourth-order valence-corrected chi connectivity index (χ4v) is 3.37. The average molecular weight is 607 g/mol. The highest BCUT2D eigenvalue weighted by Gasteiger charge is 2.52. The van der Waals surface area contributed by atoms with Crippen molar-refractivity contribution < 1.29 is 65.0 Å². The lowest BCUT2D eigenvalue weighted by molar-refractivity contribution is -0.174. The van der Waals surface area contributed by atoms with E-state index in [1.54, 1.807) is 24.3 Å². The summed E-state index contributed by atoms with van der Waals surface area (Å²) < 4.78 is 77.5. The minimum Gasteiger partial charge on any atom is -0.481 e. The Morgan fingerprint density at radius 2 is 1.14 bits per heavy atom. The van der Waals surface area contributed by atoms with Crippen molar-refractivity contribution in [2.75, 3.05) is 0 Å². The Bertz CT molecular complexity index is 1310. The van der Waals surface area contributed by atoms with Crippen LogP contribution in [0.5, 0.6) is 0 Å². The van der Waals surface area contributed by atoms with Gasteiger partial charge in [0.15, 0.2) is 0 Å². The van der Waals surface area contributed by atoms with E-state index in [0.717, 1.165) is 0 Å². The summed E-state index contributed by atoms with van der Waals surface area (Å²) in [7, 11) is 0. The fraction of sp³-hybridized carbons (Fsp3) is 0.280. The molecule has 2 aromatic rings. The first-order valence-electron chi connectivity index (χ1n) is 11.1. The number of hydrogen-bond acceptors (Lipinski definition) is 8. The molecule has 2 aliphatic heterocycles. The number of amides is 3. The van der Waals surface area contributed by atoms with Crippen molar-refractivity contribution in [2.45, 2.75) is 44.7 Å². The number of alkyl halides is 6. The number of benzene rings is 2. The van der Waals surface area contributed by atoms with Gasteiger partial charge in [0.1, 0.15) is 12.1 Å². The first-order chi connectivity index (χ1) is 18.9. The van der Waals surface area contributed by atoms with Crippen molar-refractivity contribution in [1.29, 1.82) is 0 Å². The van der Waals surface area contributed by atoms with E-state index in [1.165, 1.54) is 24.3 Å². The molecule has 3 amide bonds. The van der Waals surface area contributed by atoms with E-state index in [-0.39, 0.29) is 23.5 Å². The highest BCUT2D eigenvalue weighted by atomic mass is 19.4. The highest BCUT2D eigenvalue weighted by molar-refractivity contribution is 6.21.